The highest BCUT2D eigenvalue weighted by Crippen LogP contribution is 2.30. The van der Waals surface area contributed by atoms with Gasteiger partial charge in [0.2, 0.25) is 0 Å². The molecule has 0 atom stereocenters. The van der Waals surface area contributed by atoms with E-state index in [-0.39, 0.29) is 6.03 Å². The van der Waals surface area contributed by atoms with Crippen molar-refractivity contribution in [1.29, 1.82) is 0 Å². The lowest BCUT2D eigenvalue weighted by molar-refractivity contribution is 0.262. The lowest BCUT2D eigenvalue weighted by Crippen LogP contribution is -2.30. The number of aromatic nitrogens is 2. The number of methoxy groups -OCH3 is 2. The molecule has 0 radical (unpaired) electrons. The van der Waals surface area contributed by atoms with Crippen molar-refractivity contribution in [2.45, 2.75) is 19.3 Å². The van der Waals surface area contributed by atoms with Crippen LogP contribution in [0, 0.1) is 0 Å². The second-order valence-electron chi connectivity index (χ2n) is 7.55. The molecule has 166 valence electrons. The summed E-state index contributed by atoms with van der Waals surface area (Å²) < 4.78 is 10.5. The number of hydrogen-bond donors (Lipinski definition) is 2. The Morgan fingerprint density at radius 2 is 1.59 bits per heavy atom. The summed E-state index contributed by atoms with van der Waals surface area (Å²) in [6.45, 7) is 2.06. The van der Waals surface area contributed by atoms with E-state index in [0.717, 1.165) is 30.2 Å². The third-order valence-electron chi connectivity index (χ3n) is 5.39. The number of hydrogen-bond acceptors (Lipinski definition) is 6. The zero-order chi connectivity index (χ0) is 22.3. The van der Waals surface area contributed by atoms with E-state index in [0.29, 0.717) is 22.9 Å². The molecule has 0 unspecified atom stereocenters. The SMILES string of the molecule is COc1ccc(NC(=O)Nc2cccc(-c3ccc(N4CCCCC4)nn3)c2)cc1OC. The van der Waals surface area contributed by atoms with Gasteiger partial charge in [0.05, 0.1) is 19.9 Å². The average Bonchev–Trinajstić information content (AvgIpc) is 2.84. The summed E-state index contributed by atoms with van der Waals surface area (Å²) in [5, 5.41) is 14.5. The minimum absolute atomic E-state index is 0.360. The average molecular weight is 434 g/mol. The summed E-state index contributed by atoms with van der Waals surface area (Å²) in [6, 6.07) is 16.3. The highest BCUT2D eigenvalue weighted by molar-refractivity contribution is 6.00. The van der Waals surface area contributed by atoms with Crippen molar-refractivity contribution in [3.63, 3.8) is 0 Å². The molecule has 2 N–H and O–H groups in total. The van der Waals surface area contributed by atoms with Crippen LogP contribution < -0.4 is 25.0 Å². The molecule has 1 fully saturated rings. The Morgan fingerprint density at radius 3 is 2.28 bits per heavy atom. The monoisotopic (exact) mass is 433 g/mol. The van der Waals surface area contributed by atoms with E-state index >= 15 is 0 Å². The molecule has 3 aromatic rings. The number of anilines is 3. The lowest BCUT2D eigenvalue weighted by atomic mass is 10.1. The van der Waals surface area contributed by atoms with E-state index < -0.39 is 0 Å². The number of benzene rings is 2. The number of carbonyl (C=O) groups is 1. The van der Waals surface area contributed by atoms with Gasteiger partial charge >= 0.3 is 6.03 Å². The summed E-state index contributed by atoms with van der Waals surface area (Å²) >= 11 is 0. The maximum atomic E-state index is 12.5. The molecule has 2 aromatic carbocycles. The Hall–Kier alpha value is -3.81. The van der Waals surface area contributed by atoms with E-state index in [9.17, 15) is 4.79 Å². The van der Waals surface area contributed by atoms with Crippen LogP contribution in [0.4, 0.5) is 22.0 Å². The minimum Gasteiger partial charge on any atom is -0.493 e. The van der Waals surface area contributed by atoms with Crippen LogP contribution in [-0.2, 0) is 0 Å². The zero-order valence-electron chi connectivity index (χ0n) is 18.3. The van der Waals surface area contributed by atoms with E-state index in [1.807, 2.05) is 36.4 Å². The number of ether oxygens (including phenoxy) is 2. The van der Waals surface area contributed by atoms with Crippen LogP contribution in [0.15, 0.2) is 54.6 Å². The van der Waals surface area contributed by atoms with Crippen molar-refractivity contribution >= 4 is 23.2 Å². The first-order valence-electron chi connectivity index (χ1n) is 10.7. The lowest BCUT2D eigenvalue weighted by Gasteiger charge is -2.27. The number of nitrogens with one attached hydrogen (secondary N) is 2. The largest absolute Gasteiger partial charge is 0.493 e. The molecule has 1 aliphatic heterocycles. The second kappa shape index (κ2) is 10.00. The first kappa shape index (κ1) is 21.4. The van der Waals surface area contributed by atoms with Crippen molar-refractivity contribution in [1.82, 2.24) is 10.2 Å². The quantitative estimate of drug-likeness (QED) is 0.581. The van der Waals surface area contributed by atoms with Crippen molar-refractivity contribution in [3.05, 3.63) is 54.6 Å². The number of nitrogens with zero attached hydrogens (tertiary/aromatic N) is 3. The van der Waals surface area contributed by atoms with E-state index in [1.54, 1.807) is 32.4 Å². The number of carbonyl (C=O) groups excluding carboxylic acids is 1. The number of urea groups is 1. The Bertz CT molecular complexity index is 1070. The smallest absolute Gasteiger partial charge is 0.323 e. The maximum absolute atomic E-state index is 12.5. The Kier molecular flexibility index (Phi) is 6.69. The molecule has 1 aliphatic rings. The molecule has 0 bridgehead atoms. The normalized spacial score (nSPS) is 13.4. The van der Waals surface area contributed by atoms with Crippen molar-refractivity contribution in [2.24, 2.45) is 0 Å². The van der Waals surface area contributed by atoms with Gasteiger partial charge in [0.1, 0.15) is 0 Å². The Morgan fingerprint density at radius 1 is 0.844 bits per heavy atom. The van der Waals surface area contributed by atoms with Gasteiger partial charge in [-0.05, 0) is 55.7 Å². The molecule has 0 aliphatic carbocycles. The standard InChI is InChI=1S/C24H27N5O3/c1-31-21-11-9-19(16-22(21)32-2)26-24(30)25-18-8-6-7-17(15-18)20-10-12-23(28-27-20)29-13-4-3-5-14-29/h6-12,15-16H,3-5,13-14H2,1-2H3,(H2,25,26,30). The molecule has 8 heteroatoms. The Labute approximate surface area is 187 Å². The first-order chi connectivity index (χ1) is 15.7. The molecule has 0 spiro atoms. The van der Waals surface area contributed by atoms with Gasteiger partial charge in [0.15, 0.2) is 17.3 Å². The van der Waals surface area contributed by atoms with Crippen molar-refractivity contribution < 1.29 is 14.3 Å². The van der Waals surface area contributed by atoms with Gasteiger partial charge in [0, 0.05) is 36.1 Å². The van der Waals surface area contributed by atoms with Crippen LogP contribution in [0.3, 0.4) is 0 Å². The fraction of sp³-hybridized carbons (Fsp3) is 0.292. The molecule has 1 aromatic heterocycles. The molecule has 2 heterocycles. The van der Waals surface area contributed by atoms with Crippen LogP contribution in [-0.4, -0.2) is 43.5 Å². The molecule has 1 saturated heterocycles. The summed E-state index contributed by atoms with van der Waals surface area (Å²) in [5.41, 5.74) is 2.89. The zero-order valence-corrected chi connectivity index (χ0v) is 18.3. The van der Waals surface area contributed by atoms with E-state index in [1.165, 1.54) is 19.3 Å². The maximum Gasteiger partial charge on any atom is 0.323 e. The molecule has 32 heavy (non-hydrogen) atoms. The third-order valence-corrected chi connectivity index (χ3v) is 5.39. The molecular formula is C24H27N5O3. The molecular weight excluding hydrogens is 406 g/mol. The molecule has 2 amide bonds. The molecule has 0 saturated carbocycles. The minimum atomic E-state index is -0.360. The molecule has 8 nitrogen and oxygen atoms in total. The predicted molar refractivity (Wildman–Crippen MR) is 126 cm³/mol. The van der Waals surface area contributed by atoms with E-state index in [2.05, 4.69) is 25.7 Å². The van der Waals surface area contributed by atoms with Crippen LogP contribution in [0.5, 0.6) is 11.5 Å². The number of amides is 2. The number of rotatable bonds is 6. The molecule has 4 rings (SSSR count). The summed E-state index contributed by atoms with van der Waals surface area (Å²) in [7, 11) is 3.12. The van der Waals surface area contributed by atoms with Gasteiger partial charge in [-0.2, -0.15) is 0 Å². The predicted octanol–water partition coefficient (Wildman–Crippen LogP) is 4.80. The van der Waals surface area contributed by atoms with Gasteiger partial charge < -0.3 is 25.0 Å². The highest BCUT2D eigenvalue weighted by atomic mass is 16.5. The van der Waals surface area contributed by atoms with Gasteiger partial charge in [-0.15, -0.1) is 10.2 Å². The summed E-state index contributed by atoms with van der Waals surface area (Å²) in [5.74, 6) is 2.05. The highest BCUT2D eigenvalue weighted by Gasteiger charge is 2.13. The van der Waals surface area contributed by atoms with Crippen LogP contribution >= 0.6 is 0 Å². The topological polar surface area (TPSA) is 88.6 Å². The fourth-order valence-corrected chi connectivity index (χ4v) is 3.73. The van der Waals surface area contributed by atoms with Crippen LogP contribution in [0.25, 0.3) is 11.3 Å². The second-order valence-corrected chi connectivity index (χ2v) is 7.55. The first-order valence-corrected chi connectivity index (χ1v) is 10.7. The van der Waals surface area contributed by atoms with Crippen LogP contribution in [0.1, 0.15) is 19.3 Å². The van der Waals surface area contributed by atoms with Gasteiger partial charge in [-0.25, -0.2) is 4.79 Å². The van der Waals surface area contributed by atoms with Crippen LogP contribution in [0.2, 0.25) is 0 Å². The third kappa shape index (κ3) is 5.08. The van der Waals surface area contributed by atoms with Gasteiger partial charge in [-0.3, -0.25) is 0 Å². The Balaban J connectivity index is 1.42. The van der Waals surface area contributed by atoms with Crippen molar-refractivity contribution in [3.8, 4) is 22.8 Å². The summed E-state index contributed by atoms with van der Waals surface area (Å²) in [6.07, 6.45) is 3.67. The van der Waals surface area contributed by atoms with Gasteiger partial charge in [0.25, 0.3) is 0 Å². The van der Waals surface area contributed by atoms with Gasteiger partial charge in [-0.1, -0.05) is 12.1 Å². The fourth-order valence-electron chi connectivity index (χ4n) is 3.73. The van der Waals surface area contributed by atoms with E-state index in [4.69, 9.17) is 9.47 Å². The summed E-state index contributed by atoms with van der Waals surface area (Å²) in [4.78, 5) is 14.8. The van der Waals surface area contributed by atoms with Crippen molar-refractivity contribution in [2.75, 3.05) is 42.8 Å². The number of piperidine rings is 1.